The first-order chi connectivity index (χ1) is 9.60. The van der Waals surface area contributed by atoms with Crippen LogP contribution in [0.1, 0.15) is 46.0 Å². The number of hydrogen-bond donors (Lipinski definition) is 1. The molecule has 3 nitrogen and oxygen atoms in total. The summed E-state index contributed by atoms with van der Waals surface area (Å²) in [5, 5.41) is 3.57. The second-order valence-corrected chi connectivity index (χ2v) is 7.32. The van der Waals surface area contributed by atoms with Gasteiger partial charge in [0.1, 0.15) is 0 Å². The molecule has 0 amide bonds. The highest BCUT2D eigenvalue weighted by Crippen LogP contribution is 2.34. The fourth-order valence-electron chi connectivity index (χ4n) is 4.28. The Hall–Kier alpha value is -0.120. The molecule has 3 heteroatoms. The Morgan fingerprint density at radius 1 is 1.15 bits per heavy atom. The van der Waals surface area contributed by atoms with Crippen molar-refractivity contribution < 1.29 is 4.74 Å². The molecule has 0 spiro atoms. The highest BCUT2D eigenvalue weighted by atomic mass is 16.5. The predicted molar refractivity (Wildman–Crippen MR) is 85.0 cm³/mol. The number of likely N-dealkylation sites (N-methyl/N-ethyl adjacent to an activating group) is 1. The lowest BCUT2D eigenvalue weighted by molar-refractivity contribution is -0.00790. The fraction of sp³-hybridized carbons (Fsp3) is 1.00. The van der Waals surface area contributed by atoms with Crippen molar-refractivity contribution in [1.82, 2.24) is 10.2 Å². The molecule has 0 aromatic rings. The van der Waals surface area contributed by atoms with Crippen LogP contribution in [0.25, 0.3) is 0 Å². The number of ether oxygens (including phenoxy) is 1. The Balaban J connectivity index is 1.83. The Morgan fingerprint density at radius 2 is 1.95 bits per heavy atom. The van der Waals surface area contributed by atoms with E-state index in [4.69, 9.17) is 4.74 Å². The molecule has 0 bridgehead atoms. The molecule has 0 radical (unpaired) electrons. The molecule has 5 unspecified atom stereocenters. The van der Waals surface area contributed by atoms with E-state index in [1.165, 1.54) is 38.6 Å². The van der Waals surface area contributed by atoms with Crippen molar-refractivity contribution >= 4 is 0 Å². The van der Waals surface area contributed by atoms with Crippen molar-refractivity contribution in [3.05, 3.63) is 0 Å². The molecule has 2 fully saturated rings. The molecule has 1 aliphatic carbocycles. The molecular weight excluding hydrogens is 248 g/mol. The molecule has 1 heterocycles. The maximum atomic E-state index is 5.88. The average molecular weight is 282 g/mol. The SMILES string of the molecule is CNC1CC(C)CC(C)C1CN(C)CC1CCCCO1. The predicted octanol–water partition coefficient (Wildman–Crippen LogP) is 2.76. The Morgan fingerprint density at radius 3 is 2.60 bits per heavy atom. The molecule has 1 N–H and O–H groups in total. The molecule has 1 saturated carbocycles. The lowest BCUT2D eigenvalue weighted by Gasteiger charge is -2.42. The molecule has 20 heavy (non-hydrogen) atoms. The van der Waals surface area contributed by atoms with E-state index in [0.29, 0.717) is 12.1 Å². The van der Waals surface area contributed by atoms with Gasteiger partial charge in [0.15, 0.2) is 0 Å². The second-order valence-electron chi connectivity index (χ2n) is 7.32. The van der Waals surface area contributed by atoms with Gasteiger partial charge in [-0.25, -0.2) is 0 Å². The molecule has 0 aromatic heterocycles. The lowest BCUT2D eigenvalue weighted by atomic mass is 9.72. The lowest BCUT2D eigenvalue weighted by Crippen LogP contribution is -2.48. The van der Waals surface area contributed by atoms with E-state index in [2.05, 4.69) is 38.2 Å². The van der Waals surface area contributed by atoms with Gasteiger partial charge in [-0.15, -0.1) is 0 Å². The first-order valence-electron chi connectivity index (χ1n) is 8.57. The zero-order valence-electron chi connectivity index (χ0n) is 13.9. The van der Waals surface area contributed by atoms with E-state index >= 15 is 0 Å². The summed E-state index contributed by atoms with van der Waals surface area (Å²) < 4.78 is 5.88. The molecule has 118 valence electrons. The van der Waals surface area contributed by atoms with Gasteiger partial charge in [-0.05, 0) is 64.0 Å². The molecule has 2 rings (SSSR count). The van der Waals surface area contributed by atoms with Crippen molar-refractivity contribution in [2.75, 3.05) is 33.8 Å². The fourth-order valence-corrected chi connectivity index (χ4v) is 4.28. The van der Waals surface area contributed by atoms with E-state index in [0.717, 1.165) is 30.9 Å². The number of nitrogens with one attached hydrogen (secondary N) is 1. The van der Waals surface area contributed by atoms with Crippen molar-refractivity contribution in [2.24, 2.45) is 17.8 Å². The molecule has 1 aliphatic heterocycles. The third-order valence-electron chi connectivity index (χ3n) is 5.36. The minimum atomic E-state index is 0.472. The Labute approximate surface area is 125 Å². The quantitative estimate of drug-likeness (QED) is 0.839. The Kier molecular flexibility index (Phi) is 6.31. The largest absolute Gasteiger partial charge is 0.377 e. The smallest absolute Gasteiger partial charge is 0.0701 e. The monoisotopic (exact) mass is 282 g/mol. The summed E-state index contributed by atoms with van der Waals surface area (Å²) in [5.74, 6) is 2.47. The summed E-state index contributed by atoms with van der Waals surface area (Å²) in [4.78, 5) is 2.51. The topological polar surface area (TPSA) is 24.5 Å². The summed E-state index contributed by atoms with van der Waals surface area (Å²) in [6.07, 6.45) is 7.03. The highest BCUT2D eigenvalue weighted by molar-refractivity contribution is 4.88. The molecule has 5 atom stereocenters. The molecule has 0 aromatic carbocycles. The van der Waals surface area contributed by atoms with E-state index in [1.807, 2.05) is 0 Å². The summed E-state index contributed by atoms with van der Waals surface area (Å²) in [6, 6.07) is 0.684. The van der Waals surface area contributed by atoms with Crippen LogP contribution in [0.3, 0.4) is 0 Å². The van der Waals surface area contributed by atoms with Gasteiger partial charge in [0, 0.05) is 25.7 Å². The first-order valence-corrected chi connectivity index (χ1v) is 8.57. The van der Waals surface area contributed by atoms with Gasteiger partial charge in [0.05, 0.1) is 6.10 Å². The zero-order chi connectivity index (χ0) is 14.5. The van der Waals surface area contributed by atoms with Gasteiger partial charge in [-0.1, -0.05) is 13.8 Å². The van der Waals surface area contributed by atoms with E-state index in [1.54, 1.807) is 0 Å². The van der Waals surface area contributed by atoms with Crippen LogP contribution >= 0.6 is 0 Å². The minimum absolute atomic E-state index is 0.472. The summed E-state index contributed by atoms with van der Waals surface area (Å²) >= 11 is 0. The van der Waals surface area contributed by atoms with E-state index in [9.17, 15) is 0 Å². The molecule has 2 aliphatic rings. The van der Waals surface area contributed by atoms with Crippen LogP contribution < -0.4 is 5.32 Å². The number of hydrogen-bond acceptors (Lipinski definition) is 3. The average Bonchev–Trinajstić information content (AvgIpc) is 2.42. The third-order valence-corrected chi connectivity index (χ3v) is 5.36. The van der Waals surface area contributed by atoms with Crippen molar-refractivity contribution in [1.29, 1.82) is 0 Å². The number of rotatable bonds is 5. The van der Waals surface area contributed by atoms with Crippen molar-refractivity contribution in [3.8, 4) is 0 Å². The van der Waals surface area contributed by atoms with Crippen molar-refractivity contribution in [2.45, 2.75) is 58.1 Å². The van der Waals surface area contributed by atoms with E-state index in [-0.39, 0.29) is 0 Å². The third kappa shape index (κ3) is 4.44. The summed E-state index contributed by atoms with van der Waals surface area (Å²) in [7, 11) is 4.40. The molecular formula is C17H34N2O. The van der Waals surface area contributed by atoms with Crippen LogP contribution in [0, 0.1) is 17.8 Å². The van der Waals surface area contributed by atoms with Crippen molar-refractivity contribution in [3.63, 3.8) is 0 Å². The normalized spacial score (nSPS) is 39.1. The highest BCUT2D eigenvalue weighted by Gasteiger charge is 2.33. The van der Waals surface area contributed by atoms with Crippen LogP contribution in [0.5, 0.6) is 0 Å². The van der Waals surface area contributed by atoms with Gasteiger partial charge >= 0.3 is 0 Å². The second kappa shape index (κ2) is 7.77. The number of nitrogens with zero attached hydrogens (tertiary/aromatic N) is 1. The van der Waals surface area contributed by atoms with Crippen LogP contribution in [-0.2, 0) is 4.74 Å². The van der Waals surface area contributed by atoms with Crippen LogP contribution in [0.4, 0.5) is 0 Å². The zero-order valence-corrected chi connectivity index (χ0v) is 13.9. The van der Waals surface area contributed by atoms with Gasteiger partial charge in [-0.3, -0.25) is 0 Å². The van der Waals surface area contributed by atoms with Crippen LogP contribution in [0.2, 0.25) is 0 Å². The maximum Gasteiger partial charge on any atom is 0.0701 e. The van der Waals surface area contributed by atoms with Gasteiger partial charge < -0.3 is 15.0 Å². The van der Waals surface area contributed by atoms with Crippen LogP contribution in [-0.4, -0.2) is 50.8 Å². The van der Waals surface area contributed by atoms with Gasteiger partial charge in [0.25, 0.3) is 0 Å². The standard InChI is InChI=1S/C17H34N2O/c1-13-9-14(2)16(17(10-13)18-3)12-19(4)11-15-7-5-6-8-20-15/h13-18H,5-12H2,1-4H3. The maximum absolute atomic E-state index is 5.88. The first kappa shape index (κ1) is 16.3. The summed E-state index contributed by atoms with van der Waals surface area (Å²) in [6.45, 7) is 8.12. The van der Waals surface area contributed by atoms with Gasteiger partial charge in [0.2, 0.25) is 0 Å². The van der Waals surface area contributed by atoms with E-state index < -0.39 is 0 Å². The van der Waals surface area contributed by atoms with Crippen LogP contribution in [0.15, 0.2) is 0 Å². The molecule has 1 saturated heterocycles. The summed E-state index contributed by atoms with van der Waals surface area (Å²) in [5.41, 5.74) is 0. The minimum Gasteiger partial charge on any atom is -0.377 e. The Bertz CT molecular complexity index is 278. The van der Waals surface area contributed by atoms with Gasteiger partial charge in [-0.2, -0.15) is 0 Å².